The number of hydrogen-bond donors (Lipinski definition) is 3. The molecule has 0 saturated carbocycles. The molecule has 0 spiro atoms. The predicted octanol–water partition coefficient (Wildman–Crippen LogP) is 0.453. The van der Waals surface area contributed by atoms with Crippen LogP contribution >= 0.6 is 0 Å². The van der Waals surface area contributed by atoms with Gasteiger partial charge in [-0.3, -0.25) is 0 Å². The number of amidine groups is 1. The lowest BCUT2D eigenvalue weighted by Gasteiger charge is -2.20. The van der Waals surface area contributed by atoms with Crippen molar-refractivity contribution in [2.75, 3.05) is 33.2 Å². The van der Waals surface area contributed by atoms with Gasteiger partial charge in [-0.1, -0.05) is 5.16 Å². The second-order valence-corrected chi connectivity index (χ2v) is 4.69. The maximum absolute atomic E-state index is 12.6. The molecule has 0 bridgehead atoms. The highest BCUT2D eigenvalue weighted by Crippen LogP contribution is 2.26. The van der Waals surface area contributed by atoms with Gasteiger partial charge in [0.15, 0.2) is 5.84 Å². The normalized spacial score (nSPS) is 24.4. The summed E-state index contributed by atoms with van der Waals surface area (Å²) in [6.45, 7) is 2.00. The van der Waals surface area contributed by atoms with Crippen LogP contribution < -0.4 is 11.1 Å². The molecule has 8 heteroatoms. The molecule has 1 fully saturated rings. The molecular weight excluding hydrogens is 249 g/mol. The van der Waals surface area contributed by atoms with Crippen LogP contribution in [0.4, 0.5) is 13.2 Å². The van der Waals surface area contributed by atoms with Crippen LogP contribution in [0.5, 0.6) is 0 Å². The first-order valence-electron chi connectivity index (χ1n) is 5.78. The Morgan fingerprint density at radius 1 is 1.61 bits per heavy atom. The van der Waals surface area contributed by atoms with E-state index in [0.717, 1.165) is 19.5 Å². The second-order valence-electron chi connectivity index (χ2n) is 4.69. The molecule has 0 amide bonds. The lowest BCUT2D eigenvalue weighted by Crippen LogP contribution is -2.43. The monoisotopic (exact) mass is 268 g/mol. The third-order valence-electron chi connectivity index (χ3n) is 3.14. The molecule has 106 valence electrons. The minimum absolute atomic E-state index is 0.358. The van der Waals surface area contributed by atoms with Crippen molar-refractivity contribution >= 4 is 5.84 Å². The van der Waals surface area contributed by atoms with Gasteiger partial charge in [-0.05, 0) is 32.5 Å². The fourth-order valence-corrected chi connectivity index (χ4v) is 2.08. The van der Waals surface area contributed by atoms with Gasteiger partial charge in [0.2, 0.25) is 0 Å². The smallest absolute Gasteiger partial charge is 0.400 e. The fourth-order valence-electron chi connectivity index (χ4n) is 2.08. The van der Waals surface area contributed by atoms with Crippen molar-refractivity contribution in [3.63, 3.8) is 0 Å². The van der Waals surface area contributed by atoms with E-state index in [1.807, 2.05) is 7.05 Å². The van der Waals surface area contributed by atoms with E-state index >= 15 is 0 Å². The number of hydrogen-bond acceptors (Lipinski definition) is 4. The second kappa shape index (κ2) is 6.24. The quantitative estimate of drug-likeness (QED) is 0.293. The summed E-state index contributed by atoms with van der Waals surface area (Å²) in [5, 5.41) is 13.5. The van der Waals surface area contributed by atoms with E-state index in [4.69, 9.17) is 10.9 Å². The summed E-state index contributed by atoms with van der Waals surface area (Å²) < 4.78 is 37.8. The van der Waals surface area contributed by atoms with Gasteiger partial charge in [-0.25, -0.2) is 0 Å². The van der Waals surface area contributed by atoms with Crippen LogP contribution in [0.25, 0.3) is 0 Å². The van der Waals surface area contributed by atoms with E-state index in [1.165, 1.54) is 0 Å². The van der Waals surface area contributed by atoms with Gasteiger partial charge >= 0.3 is 6.18 Å². The molecule has 0 aliphatic carbocycles. The van der Waals surface area contributed by atoms with Gasteiger partial charge in [0, 0.05) is 13.1 Å². The Labute approximate surface area is 104 Å². The van der Waals surface area contributed by atoms with Gasteiger partial charge in [-0.15, -0.1) is 0 Å². The molecule has 4 N–H and O–H groups in total. The lowest BCUT2D eigenvalue weighted by atomic mass is 10.1. The molecule has 5 nitrogen and oxygen atoms in total. The summed E-state index contributed by atoms with van der Waals surface area (Å²) in [5.74, 6) is -2.39. The van der Waals surface area contributed by atoms with Gasteiger partial charge in [0.25, 0.3) is 0 Å². The Balaban J connectivity index is 2.39. The first-order valence-corrected chi connectivity index (χ1v) is 5.78. The third-order valence-corrected chi connectivity index (χ3v) is 3.14. The highest BCUT2D eigenvalue weighted by atomic mass is 19.4. The molecule has 2 unspecified atom stereocenters. The Morgan fingerprint density at radius 3 is 2.72 bits per heavy atom. The van der Waals surface area contributed by atoms with Crippen molar-refractivity contribution in [3.8, 4) is 0 Å². The molecule has 1 heterocycles. The van der Waals surface area contributed by atoms with Crippen LogP contribution in [0.2, 0.25) is 0 Å². The van der Waals surface area contributed by atoms with Crippen molar-refractivity contribution < 1.29 is 18.4 Å². The number of nitrogens with zero attached hydrogens (tertiary/aromatic N) is 2. The van der Waals surface area contributed by atoms with Crippen LogP contribution in [0.3, 0.4) is 0 Å². The standard InChI is InChI=1S/C10H19F3N4O/c1-17-3-2-7(6-17)4-15-5-8(9(14)16-18)10(11,12)13/h7-8,15,18H,2-6H2,1H3,(H2,14,16). The van der Waals surface area contributed by atoms with Crippen molar-refractivity contribution in [2.45, 2.75) is 12.6 Å². The van der Waals surface area contributed by atoms with Crippen molar-refractivity contribution in [2.24, 2.45) is 22.7 Å². The predicted molar refractivity (Wildman–Crippen MR) is 61.4 cm³/mol. The molecule has 0 aromatic heterocycles. The maximum atomic E-state index is 12.6. The molecule has 1 aliphatic rings. The minimum atomic E-state index is -4.50. The van der Waals surface area contributed by atoms with Crippen LogP contribution in [0.15, 0.2) is 5.16 Å². The van der Waals surface area contributed by atoms with E-state index in [9.17, 15) is 13.2 Å². The summed E-state index contributed by atoms with van der Waals surface area (Å²) in [5.41, 5.74) is 5.05. The van der Waals surface area contributed by atoms with E-state index in [1.54, 1.807) is 0 Å². The zero-order valence-electron chi connectivity index (χ0n) is 10.2. The van der Waals surface area contributed by atoms with E-state index in [-0.39, 0.29) is 6.54 Å². The SMILES string of the molecule is CN1CCC(CNCC(C(N)=NO)C(F)(F)F)C1. The zero-order chi connectivity index (χ0) is 13.8. The van der Waals surface area contributed by atoms with Gasteiger partial charge in [0.05, 0.1) is 0 Å². The Hall–Kier alpha value is -1.02. The van der Waals surface area contributed by atoms with E-state index in [0.29, 0.717) is 12.5 Å². The van der Waals surface area contributed by atoms with Crippen molar-refractivity contribution in [1.29, 1.82) is 0 Å². The number of oxime groups is 1. The third kappa shape index (κ3) is 4.34. The summed E-state index contributed by atoms with van der Waals surface area (Å²) in [7, 11) is 1.98. The molecule has 2 atom stereocenters. The van der Waals surface area contributed by atoms with Crippen LogP contribution in [-0.4, -0.2) is 55.3 Å². The Morgan fingerprint density at radius 2 is 2.28 bits per heavy atom. The molecule has 18 heavy (non-hydrogen) atoms. The Kier molecular flexibility index (Phi) is 5.21. The van der Waals surface area contributed by atoms with Crippen molar-refractivity contribution in [1.82, 2.24) is 10.2 Å². The largest absolute Gasteiger partial charge is 0.409 e. The highest BCUT2D eigenvalue weighted by Gasteiger charge is 2.42. The first-order chi connectivity index (χ1) is 8.34. The fraction of sp³-hybridized carbons (Fsp3) is 0.900. The molecular formula is C10H19F3N4O. The van der Waals surface area contributed by atoms with Crippen LogP contribution in [-0.2, 0) is 0 Å². The van der Waals surface area contributed by atoms with E-state index in [2.05, 4.69) is 15.4 Å². The van der Waals surface area contributed by atoms with Gasteiger partial charge in [0.1, 0.15) is 5.92 Å². The van der Waals surface area contributed by atoms with Gasteiger partial charge < -0.3 is 21.2 Å². The summed E-state index contributed by atoms with van der Waals surface area (Å²) in [6, 6.07) is 0. The number of nitrogens with two attached hydrogens (primary N) is 1. The first kappa shape index (κ1) is 15.0. The average Bonchev–Trinajstić information content (AvgIpc) is 2.68. The highest BCUT2D eigenvalue weighted by molar-refractivity contribution is 5.83. The lowest BCUT2D eigenvalue weighted by molar-refractivity contribution is -0.154. The number of halogens is 3. The topological polar surface area (TPSA) is 73.9 Å². The minimum Gasteiger partial charge on any atom is -0.409 e. The molecule has 1 rings (SSSR count). The number of nitrogens with one attached hydrogen (secondary N) is 1. The molecule has 0 aromatic carbocycles. The summed E-state index contributed by atoms with van der Waals surface area (Å²) in [4.78, 5) is 2.14. The van der Waals surface area contributed by atoms with Gasteiger partial charge in [-0.2, -0.15) is 13.2 Å². The number of likely N-dealkylation sites (tertiary alicyclic amines) is 1. The molecule has 1 aliphatic heterocycles. The molecule has 0 aromatic rings. The number of alkyl halides is 3. The average molecular weight is 268 g/mol. The molecule has 0 radical (unpaired) electrons. The van der Waals surface area contributed by atoms with Crippen LogP contribution in [0, 0.1) is 11.8 Å². The molecule has 1 saturated heterocycles. The Bertz CT molecular complexity index is 295. The zero-order valence-corrected chi connectivity index (χ0v) is 10.2. The van der Waals surface area contributed by atoms with Crippen molar-refractivity contribution in [3.05, 3.63) is 0 Å². The summed E-state index contributed by atoms with van der Waals surface area (Å²) >= 11 is 0. The van der Waals surface area contributed by atoms with E-state index < -0.39 is 17.9 Å². The van der Waals surface area contributed by atoms with Crippen LogP contribution in [0.1, 0.15) is 6.42 Å². The maximum Gasteiger partial charge on any atom is 0.400 e. The summed E-state index contributed by atoms with van der Waals surface area (Å²) in [6.07, 6.45) is -3.53. The number of rotatable bonds is 5.